The number of hydrogen-bond acceptors (Lipinski definition) is 2. The van der Waals surface area contributed by atoms with Gasteiger partial charge in [0.25, 0.3) is 0 Å². The molecule has 0 spiro atoms. The van der Waals surface area contributed by atoms with Gasteiger partial charge < -0.3 is 4.90 Å². The Morgan fingerprint density at radius 1 is 1.29 bits per heavy atom. The van der Waals surface area contributed by atoms with Crippen LogP contribution in [-0.4, -0.2) is 30.3 Å². The van der Waals surface area contributed by atoms with Gasteiger partial charge in [-0.3, -0.25) is 4.79 Å². The first-order valence-electron chi connectivity index (χ1n) is 6.56. The highest BCUT2D eigenvalue weighted by Gasteiger charge is 2.21. The molecular formula is C15H21NO. The Bertz CT molecular complexity index is 356. The second kappa shape index (κ2) is 5.97. The van der Waals surface area contributed by atoms with Crippen LogP contribution >= 0.6 is 0 Å². The molecular weight excluding hydrogens is 210 g/mol. The number of carbonyl (C=O) groups is 1. The van der Waals surface area contributed by atoms with Crippen molar-refractivity contribution in [1.82, 2.24) is 4.90 Å². The molecule has 0 aromatic heterocycles. The van der Waals surface area contributed by atoms with Crippen molar-refractivity contribution in [3.63, 3.8) is 0 Å². The molecule has 0 unspecified atom stereocenters. The van der Waals surface area contributed by atoms with Crippen LogP contribution in [0.25, 0.3) is 0 Å². The maximum atomic E-state index is 11.9. The van der Waals surface area contributed by atoms with Crippen molar-refractivity contribution in [1.29, 1.82) is 0 Å². The Balaban J connectivity index is 1.69. The summed E-state index contributed by atoms with van der Waals surface area (Å²) in [5, 5.41) is 0. The van der Waals surface area contributed by atoms with Crippen LogP contribution < -0.4 is 0 Å². The summed E-state index contributed by atoms with van der Waals surface area (Å²) in [7, 11) is 2.18. The Kier molecular flexibility index (Phi) is 4.32. The van der Waals surface area contributed by atoms with Gasteiger partial charge in [0.2, 0.25) is 0 Å². The fourth-order valence-corrected chi connectivity index (χ4v) is 2.27. The Morgan fingerprint density at radius 2 is 2.00 bits per heavy atom. The Labute approximate surface area is 104 Å². The van der Waals surface area contributed by atoms with Crippen LogP contribution in [0, 0.1) is 0 Å². The van der Waals surface area contributed by atoms with Crippen LogP contribution in [0.5, 0.6) is 0 Å². The molecule has 2 rings (SSSR count). The molecule has 1 fully saturated rings. The van der Waals surface area contributed by atoms with E-state index in [1.807, 2.05) is 30.3 Å². The third kappa shape index (κ3) is 3.40. The van der Waals surface area contributed by atoms with E-state index in [0.29, 0.717) is 6.42 Å². The summed E-state index contributed by atoms with van der Waals surface area (Å²) in [6, 6.07) is 10.4. The smallest absolute Gasteiger partial charge is 0.162 e. The number of hydrogen-bond donors (Lipinski definition) is 0. The lowest BCUT2D eigenvalue weighted by Gasteiger charge is -2.34. The molecule has 1 aromatic carbocycles. The lowest BCUT2D eigenvalue weighted by molar-refractivity contribution is 0.0966. The zero-order chi connectivity index (χ0) is 12.1. The SMILES string of the molecule is CN(CCCC(=O)c1ccccc1)C1CCC1. The molecule has 1 aromatic rings. The molecule has 0 atom stereocenters. The minimum Gasteiger partial charge on any atom is -0.303 e. The normalized spacial score (nSPS) is 15.9. The summed E-state index contributed by atoms with van der Waals surface area (Å²) >= 11 is 0. The minimum absolute atomic E-state index is 0.271. The average Bonchev–Trinajstić information content (AvgIpc) is 2.27. The molecule has 1 aliphatic carbocycles. The summed E-state index contributed by atoms with van der Waals surface area (Å²) < 4.78 is 0. The molecule has 1 saturated carbocycles. The zero-order valence-corrected chi connectivity index (χ0v) is 10.6. The van der Waals surface area contributed by atoms with Crippen molar-refractivity contribution in [3.8, 4) is 0 Å². The van der Waals surface area contributed by atoms with Crippen LogP contribution in [0.3, 0.4) is 0 Å². The Hall–Kier alpha value is -1.15. The number of rotatable bonds is 6. The highest BCUT2D eigenvalue weighted by molar-refractivity contribution is 5.95. The summed E-state index contributed by atoms with van der Waals surface area (Å²) in [4.78, 5) is 14.3. The standard InChI is InChI=1S/C15H21NO/c1-16(14-9-5-10-14)12-6-11-15(17)13-7-3-2-4-8-13/h2-4,7-8,14H,5-6,9-12H2,1H3. The summed E-state index contributed by atoms with van der Waals surface area (Å²) in [5.41, 5.74) is 0.846. The van der Waals surface area contributed by atoms with Crippen LogP contribution in [0.1, 0.15) is 42.5 Å². The van der Waals surface area contributed by atoms with E-state index in [1.54, 1.807) is 0 Å². The van der Waals surface area contributed by atoms with E-state index in [-0.39, 0.29) is 5.78 Å². The van der Waals surface area contributed by atoms with E-state index in [1.165, 1.54) is 19.3 Å². The second-order valence-corrected chi connectivity index (χ2v) is 4.96. The van der Waals surface area contributed by atoms with Gasteiger partial charge in [-0.15, -0.1) is 0 Å². The van der Waals surface area contributed by atoms with E-state index in [0.717, 1.165) is 24.6 Å². The van der Waals surface area contributed by atoms with Gasteiger partial charge in [0, 0.05) is 18.0 Å². The molecule has 0 saturated heterocycles. The van der Waals surface area contributed by atoms with E-state index >= 15 is 0 Å². The van der Waals surface area contributed by atoms with Gasteiger partial charge in [0.15, 0.2) is 5.78 Å². The van der Waals surface area contributed by atoms with Crippen molar-refractivity contribution in [2.45, 2.75) is 38.1 Å². The third-order valence-corrected chi connectivity index (χ3v) is 3.71. The maximum Gasteiger partial charge on any atom is 0.162 e. The molecule has 0 bridgehead atoms. The van der Waals surface area contributed by atoms with E-state index in [4.69, 9.17) is 0 Å². The maximum absolute atomic E-state index is 11.9. The van der Waals surface area contributed by atoms with Crippen molar-refractivity contribution >= 4 is 5.78 Å². The molecule has 1 aliphatic rings. The van der Waals surface area contributed by atoms with Crippen LogP contribution in [0.4, 0.5) is 0 Å². The average molecular weight is 231 g/mol. The summed E-state index contributed by atoms with van der Waals surface area (Å²) in [6.07, 6.45) is 5.69. The lowest BCUT2D eigenvalue weighted by Crippen LogP contribution is -2.37. The number of nitrogens with zero attached hydrogens (tertiary/aromatic N) is 1. The van der Waals surface area contributed by atoms with Crippen LogP contribution in [0.15, 0.2) is 30.3 Å². The van der Waals surface area contributed by atoms with Gasteiger partial charge in [-0.1, -0.05) is 36.8 Å². The fraction of sp³-hybridized carbons (Fsp3) is 0.533. The topological polar surface area (TPSA) is 20.3 Å². The molecule has 92 valence electrons. The van der Waals surface area contributed by atoms with Gasteiger partial charge in [0.1, 0.15) is 0 Å². The van der Waals surface area contributed by atoms with Gasteiger partial charge in [-0.2, -0.15) is 0 Å². The van der Waals surface area contributed by atoms with Crippen LogP contribution in [0.2, 0.25) is 0 Å². The molecule has 0 radical (unpaired) electrons. The largest absolute Gasteiger partial charge is 0.303 e. The first kappa shape index (κ1) is 12.3. The van der Waals surface area contributed by atoms with Crippen molar-refractivity contribution in [2.24, 2.45) is 0 Å². The number of benzene rings is 1. The van der Waals surface area contributed by atoms with Gasteiger partial charge >= 0.3 is 0 Å². The second-order valence-electron chi connectivity index (χ2n) is 4.96. The molecule has 0 heterocycles. The highest BCUT2D eigenvalue weighted by atomic mass is 16.1. The first-order chi connectivity index (χ1) is 8.27. The van der Waals surface area contributed by atoms with Gasteiger partial charge in [-0.05, 0) is 32.9 Å². The van der Waals surface area contributed by atoms with Crippen LogP contribution in [-0.2, 0) is 0 Å². The number of Topliss-reactive ketones (excluding diaryl/α,β-unsaturated/α-hetero) is 1. The van der Waals surface area contributed by atoms with Crippen molar-refractivity contribution in [2.75, 3.05) is 13.6 Å². The van der Waals surface area contributed by atoms with Gasteiger partial charge in [-0.25, -0.2) is 0 Å². The number of ketones is 1. The van der Waals surface area contributed by atoms with E-state index in [2.05, 4.69) is 11.9 Å². The molecule has 2 heteroatoms. The third-order valence-electron chi connectivity index (χ3n) is 3.71. The predicted octanol–water partition coefficient (Wildman–Crippen LogP) is 3.13. The predicted molar refractivity (Wildman–Crippen MR) is 70.3 cm³/mol. The summed E-state index contributed by atoms with van der Waals surface area (Å²) in [6.45, 7) is 1.04. The highest BCUT2D eigenvalue weighted by Crippen LogP contribution is 2.23. The van der Waals surface area contributed by atoms with Crippen molar-refractivity contribution < 1.29 is 4.79 Å². The molecule has 0 amide bonds. The Morgan fingerprint density at radius 3 is 2.59 bits per heavy atom. The number of carbonyl (C=O) groups excluding carboxylic acids is 1. The van der Waals surface area contributed by atoms with Gasteiger partial charge in [0.05, 0.1) is 0 Å². The fourth-order valence-electron chi connectivity index (χ4n) is 2.27. The summed E-state index contributed by atoms with van der Waals surface area (Å²) in [5.74, 6) is 0.271. The van der Waals surface area contributed by atoms with E-state index < -0.39 is 0 Å². The molecule has 0 aliphatic heterocycles. The quantitative estimate of drug-likeness (QED) is 0.701. The lowest BCUT2D eigenvalue weighted by atomic mass is 9.91. The van der Waals surface area contributed by atoms with Crippen molar-refractivity contribution in [3.05, 3.63) is 35.9 Å². The van der Waals surface area contributed by atoms with E-state index in [9.17, 15) is 4.79 Å². The minimum atomic E-state index is 0.271. The molecule has 0 N–H and O–H groups in total. The monoisotopic (exact) mass is 231 g/mol. The molecule has 2 nitrogen and oxygen atoms in total. The zero-order valence-electron chi connectivity index (χ0n) is 10.6. The molecule has 17 heavy (non-hydrogen) atoms. The first-order valence-corrected chi connectivity index (χ1v) is 6.56.